The molecule has 1 fully saturated rings. The molecule has 2 rings (SSSR count). The molecule has 0 bridgehead atoms. The maximum Gasteiger partial charge on any atom is 0.238 e. The van der Waals surface area contributed by atoms with Gasteiger partial charge in [-0.15, -0.1) is 0 Å². The molecule has 1 saturated carbocycles. The average molecular weight is 279 g/mol. The van der Waals surface area contributed by atoms with E-state index in [4.69, 9.17) is 0 Å². The molecule has 0 radical (unpaired) electrons. The Labute approximate surface area is 116 Å². The van der Waals surface area contributed by atoms with Crippen LogP contribution >= 0.6 is 0 Å². The molecule has 0 saturated heterocycles. The second-order valence-corrected chi connectivity index (χ2v) is 4.83. The third kappa shape index (κ3) is 5.36. The lowest BCUT2D eigenvalue weighted by molar-refractivity contribution is -0.121. The molecule has 6 heteroatoms. The number of rotatable bonds is 7. The van der Waals surface area contributed by atoms with E-state index < -0.39 is 5.82 Å². The van der Waals surface area contributed by atoms with Gasteiger partial charge in [-0.2, -0.15) is 0 Å². The van der Waals surface area contributed by atoms with Crippen molar-refractivity contribution in [2.24, 2.45) is 0 Å². The van der Waals surface area contributed by atoms with E-state index in [2.05, 4.69) is 16.0 Å². The summed E-state index contributed by atoms with van der Waals surface area (Å²) in [5, 5.41) is 8.32. The van der Waals surface area contributed by atoms with Gasteiger partial charge >= 0.3 is 0 Å². The molecule has 0 unspecified atom stereocenters. The molecule has 108 valence electrons. The van der Waals surface area contributed by atoms with Crippen LogP contribution in [0.15, 0.2) is 24.3 Å². The maximum absolute atomic E-state index is 12.9. The summed E-state index contributed by atoms with van der Waals surface area (Å²) in [5.41, 5.74) is 0.420. The normalized spacial score (nSPS) is 13.8. The molecule has 0 atom stereocenters. The SMILES string of the molecule is O=C(CNCCC(=O)NC1CC1)Nc1cccc(F)c1. The van der Waals surface area contributed by atoms with Crippen LogP contribution in [0.5, 0.6) is 0 Å². The predicted molar refractivity (Wildman–Crippen MR) is 73.7 cm³/mol. The van der Waals surface area contributed by atoms with Crippen molar-refractivity contribution in [3.63, 3.8) is 0 Å². The van der Waals surface area contributed by atoms with Crippen molar-refractivity contribution >= 4 is 17.5 Å². The lowest BCUT2D eigenvalue weighted by Gasteiger charge is -2.07. The minimum absolute atomic E-state index is 0.00513. The predicted octanol–water partition coefficient (Wildman–Crippen LogP) is 1.02. The van der Waals surface area contributed by atoms with Gasteiger partial charge in [0.2, 0.25) is 11.8 Å². The Hall–Kier alpha value is -1.95. The van der Waals surface area contributed by atoms with E-state index >= 15 is 0 Å². The average Bonchev–Trinajstić information content (AvgIpc) is 3.18. The standard InChI is InChI=1S/C14H18FN3O2/c15-10-2-1-3-12(8-10)18-14(20)9-16-7-6-13(19)17-11-4-5-11/h1-3,8,11,16H,4-7,9H2,(H,17,19)(H,18,20). The fraction of sp³-hybridized carbons (Fsp3) is 0.429. The molecule has 0 spiro atoms. The van der Waals surface area contributed by atoms with Crippen LogP contribution in [0.25, 0.3) is 0 Å². The van der Waals surface area contributed by atoms with Crippen molar-refractivity contribution in [1.29, 1.82) is 0 Å². The van der Waals surface area contributed by atoms with Gasteiger partial charge < -0.3 is 16.0 Å². The van der Waals surface area contributed by atoms with E-state index in [1.807, 2.05) is 0 Å². The molecule has 0 aliphatic heterocycles. The number of amides is 2. The summed E-state index contributed by atoms with van der Waals surface area (Å²) < 4.78 is 12.9. The highest BCUT2D eigenvalue weighted by Gasteiger charge is 2.22. The Morgan fingerprint density at radius 1 is 1.25 bits per heavy atom. The highest BCUT2D eigenvalue weighted by Crippen LogP contribution is 2.18. The number of hydrogen-bond acceptors (Lipinski definition) is 3. The summed E-state index contributed by atoms with van der Waals surface area (Å²) in [6, 6.07) is 6.07. The number of benzene rings is 1. The zero-order chi connectivity index (χ0) is 14.4. The van der Waals surface area contributed by atoms with E-state index in [9.17, 15) is 14.0 Å². The van der Waals surface area contributed by atoms with Crippen molar-refractivity contribution in [3.8, 4) is 0 Å². The van der Waals surface area contributed by atoms with Crippen molar-refractivity contribution in [1.82, 2.24) is 10.6 Å². The van der Waals surface area contributed by atoms with Crippen molar-refractivity contribution in [2.45, 2.75) is 25.3 Å². The highest BCUT2D eigenvalue weighted by molar-refractivity contribution is 5.92. The van der Waals surface area contributed by atoms with Crippen LogP contribution in [0, 0.1) is 5.82 Å². The van der Waals surface area contributed by atoms with Gasteiger partial charge in [0.25, 0.3) is 0 Å². The largest absolute Gasteiger partial charge is 0.353 e. The van der Waals surface area contributed by atoms with Gasteiger partial charge in [-0.1, -0.05) is 6.07 Å². The Morgan fingerprint density at radius 2 is 2.05 bits per heavy atom. The fourth-order valence-corrected chi connectivity index (χ4v) is 1.70. The van der Waals surface area contributed by atoms with Gasteiger partial charge in [0, 0.05) is 24.7 Å². The van der Waals surface area contributed by atoms with Crippen molar-refractivity contribution in [2.75, 3.05) is 18.4 Å². The minimum Gasteiger partial charge on any atom is -0.353 e. The molecule has 1 aliphatic carbocycles. The maximum atomic E-state index is 12.9. The molecule has 1 aromatic rings. The van der Waals surface area contributed by atoms with E-state index in [1.54, 1.807) is 6.07 Å². The first kappa shape index (κ1) is 14.5. The van der Waals surface area contributed by atoms with Gasteiger partial charge in [0.05, 0.1) is 6.54 Å². The molecular weight excluding hydrogens is 261 g/mol. The molecule has 1 aromatic carbocycles. The minimum atomic E-state index is -0.396. The third-order valence-electron chi connectivity index (χ3n) is 2.87. The topological polar surface area (TPSA) is 70.2 Å². The molecule has 2 amide bonds. The van der Waals surface area contributed by atoms with Crippen LogP contribution < -0.4 is 16.0 Å². The number of anilines is 1. The monoisotopic (exact) mass is 279 g/mol. The molecular formula is C14H18FN3O2. The van der Waals surface area contributed by atoms with E-state index in [-0.39, 0.29) is 18.4 Å². The lowest BCUT2D eigenvalue weighted by Crippen LogP contribution is -2.33. The summed E-state index contributed by atoms with van der Waals surface area (Å²) in [6.07, 6.45) is 2.48. The third-order valence-corrected chi connectivity index (χ3v) is 2.87. The number of carbonyl (C=O) groups excluding carboxylic acids is 2. The Morgan fingerprint density at radius 3 is 2.75 bits per heavy atom. The van der Waals surface area contributed by atoms with Gasteiger partial charge in [-0.05, 0) is 31.0 Å². The first-order valence-corrected chi connectivity index (χ1v) is 6.69. The quantitative estimate of drug-likeness (QED) is 0.653. The highest BCUT2D eigenvalue weighted by atomic mass is 19.1. The molecule has 3 N–H and O–H groups in total. The molecule has 0 aromatic heterocycles. The summed E-state index contributed by atoms with van der Waals surface area (Å²) in [4.78, 5) is 22.9. The van der Waals surface area contributed by atoms with Gasteiger partial charge in [-0.25, -0.2) is 4.39 Å². The van der Waals surface area contributed by atoms with Gasteiger partial charge in [0.15, 0.2) is 0 Å². The Kier molecular flexibility index (Phi) is 5.06. The number of halogens is 1. The molecule has 1 aliphatic rings. The summed E-state index contributed by atoms with van der Waals surface area (Å²) in [6.45, 7) is 0.530. The second kappa shape index (κ2) is 7.00. The lowest BCUT2D eigenvalue weighted by atomic mass is 10.3. The van der Waals surface area contributed by atoms with Crippen LogP contribution in [0.1, 0.15) is 19.3 Å². The zero-order valence-electron chi connectivity index (χ0n) is 11.1. The van der Waals surface area contributed by atoms with Gasteiger partial charge in [-0.3, -0.25) is 9.59 Å². The molecule has 20 heavy (non-hydrogen) atoms. The van der Waals surface area contributed by atoms with Crippen LogP contribution in [-0.2, 0) is 9.59 Å². The fourth-order valence-electron chi connectivity index (χ4n) is 1.70. The van der Waals surface area contributed by atoms with Crippen LogP contribution in [0.2, 0.25) is 0 Å². The van der Waals surface area contributed by atoms with Gasteiger partial charge in [0.1, 0.15) is 5.82 Å². The van der Waals surface area contributed by atoms with Crippen LogP contribution in [0.3, 0.4) is 0 Å². The summed E-state index contributed by atoms with van der Waals surface area (Å²) in [7, 11) is 0. The second-order valence-electron chi connectivity index (χ2n) is 4.83. The summed E-state index contributed by atoms with van der Waals surface area (Å²) in [5.74, 6) is -0.656. The van der Waals surface area contributed by atoms with Crippen LogP contribution in [0.4, 0.5) is 10.1 Å². The van der Waals surface area contributed by atoms with Crippen molar-refractivity contribution in [3.05, 3.63) is 30.1 Å². The van der Waals surface area contributed by atoms with Crippen LogP contribution in [-0.4, -0.2) is 30.9 Å². The zero-order valence-corrected chi connectivity index (χ0v) is 11.1. The smallest absolute Gasteiger partial charge is 0.238 e. The van der Waals surface area contributed by atoms with E-state index in [0.717, 1.165) is 12.8 Å². The van der Waals surface area contributed by atoms with E-state index in [1.165, 1.54) is 18.2 Å². The first-order chi connectivity index (χ1) is 9.63. The number of hydrogen-bond donors (Lipinski definition) is 3. The van der Waals surface area contributed by atoms with Crippen molar-refractivity contribution < 1.29 is 14.0 Å². The number of carbonyl (C=O) groups is 2. The molecule has 5 nitrogen and oxygen atoms in total. The Balaban J connectivity index is 1.58. The van der Waals surface area contributed by atoms with E-state index in [0.29, 0.717) is 24.7 Å². The first-order valence-electron chi connectivity index (χ1n) is 6.69. The summed E-state index contributed by atoms with van der Waals surface area (Å²) >= 11 is 0. The molecule has 0 heterocycles. The number of nitrogens with one attached hydrogen (secondary N) is 3. The Bertz CT molecular complexity index is 489.